The second-order valence-corrected chi connectivity index (χ2v) is 23.0. The van der Waals surface area contributed by atoms with E-state index >= 15 is 0 Å². The number of phenolic OH excluding ortho intramolecular Hbond substituents is 1. The van der Waals surface area contributed by atoms with E-state index in [4.69, 9.17) is 18.6 Å². The Kier molecular flexibility index (Phi) is 14.3. The SMILES string of the molecule is CC(=O)c1cc(Oc2ccc(S(C)(=O)=O)cc2)cc(O[C@@H](C)CO[Si](C)(C)C(C)(C)C)c1.COC(=O)c1cc(O)cc(Oc2ccc(S(C)(=O)=O)cc2)c1. The fraction of sp³-hybridized carbons (Fsp3) is 0.333. The van der Waals surface area contributed by atoms with Crippen molar-refractivity contribution in [2.75, 3.05) is 26.2 Å². The highest BCUT2D eigenvalue weighted by molar-refractivity contribution is 7.91. The van der Waals surface area contributed by atoms with Gasteiger partial charge in [0.25, 0.3) is 0 Å². The van der Waals surface area contributed by atoms with Crippen molar-refractivity contribution in [1.82, 2.24) is 0 Å². The van der Waals surface area contributed by atoms with E-state index < -0.39 is 34.0 Å². The zero-order valence-electron chi connectivity index (χ0n) is 32.1. The second-order valence-electron chi connectivity index (χ2n) is 14.1. The number of aromatic hydroxyl groups is 1. The molecule has 0 saturated carbocycles. The summed E-state index contributed by atoms with van der Waals surface area (Å²) in [5, 5.41) is 9.71. The maximum atomic E-state index is 12.0. The number of benzene rings is 4. The number of carbonyl (C=O) groups is 2. The van der Waals surface area contributed by atoms with Crippen LogP contribution in [0.5, 0.6) is 34.5 Å². The predicted molar refractivity (Wildman–Crippen MR) is 208 cm³/mol. The summed E-state index contributed by atoms with van der Waals surface area (Å²) in [7, 11) is -7.22. The van der Waals surface area contributed by atoms with Crippen LogP contribution in [-0.4, -0.2) is 74.3 Å². The van der Waals surface area contributed by atoms with E-state index in [0.29, 0.717) is 35.2 Å². The fourth-order valence-electron chi connectivity index (χ4n) is 4.37. The molecule has 0 heterocycles. The van der Waals surface area contributed by atoms with Gasteiger partial charge in [-0.15, -0.1) is 0 Å². The van der Waals surface area contributed by atoms with E-state index in [0.717, 1.165) is 12.5 Å². The number of esters is 1. The number of hydrogen-bond acceptors (Lipinski definition) is 12. The average Bonchev–Trinajstić information content (AvgIpc) is 3.06. The number of hydrogen-bond donors (Lipinski definition) is 1. The highest BCUT2D eigenvalue weighted by atomic mass is 32.2. The Morgan fingerprint density at radius 3 is 1.57 bits per heavy atom. The van der Waals surface area contributed by atoms with Gasteiger partial charge >= 0.3 is 5.97 Å². The van der Waals surface area contributed by atoms with E-state index in [2.05, 4.69) is 38.6 Å². The summed E-state index contributed by atoms with van der Waals surface area (Å²) in [6.45, 7) is 14.8. The number of rotatable bonds is 13. The van der Waals surface area contributed by atoms with Gasteiger partial charge in [-0.05, 0) is 105 Å². The molecule has 0 unspecified atom stereocenters. The van der Waals surface area contributed by atoms with Crippen LogP contribution in [0, 0.1) is 0 Å². The van der Waals surface area contributed by atoms with Gasteiger partial charge in [-0.2, -0.15) is 0 Å². The second kappa shape index (κ2) is 17.6. The Hall–Kier alpha value is -4.70. The van der Waals surface area contributed by atoms with Crippen molar-refractivity contribution >= 4 is 39.7 Å². The summed E-state index contributed by atoms with van der Waals surface area (Å²) in [4.78, 5) is 23.9. The maximum absolute atomic E-state index is 12.0. The first kappa shape index (κ1) is 43.7. The Balaban J connectivity index is 0.000000311. The maximum Gasteiger partial charge on any atom is 0.338 e. The van der Waals surface area contributed by atoms with Crippen LogP contribution >= 0.6 is 0 Å². The largest absolute Gasteiger partial charge is 0.508 e. The van der Waals surface area contributed by atoms with Crippen LogP contribution in [0.4, 0.5) is 0 Å². The summed E-state index contributed by atoms with van der Waals surface area (Å²) in [5.41, 5.74) is 0.605. The van der Waals surface area contributed by atoms with Crippen LogP contribution in [0.2, 0.25) is 18.1 Å². The zero-order valence-corrected chi connectivity index (χ0v) is 34.8. The van der Waals surface area contributed by atoms with Crippen LogP contribution in [0.3, 0.4) is 0 Å². The molecule has 12 nitrogen and oxygen atoms in total. The molecule has 1 atom stereocenters. The van der Waals surface area contributed by atoms with Gasteiger partial charge in [0.2, 0.25) is 0 Å². The number of ketones is 1. The van der Waals surface area contributed by atoms with E-state index in [9.17, 15) is 31.5 Å². The number of phenols is 1. The lowest BCUT2D eigenvalue weighted by molar-refractivity contribution is 0.0599. The number of Topliss-reactive ketones (excluding diaryl/α,β-unsaturated/α-hetero) is 1. The molecule has 54 heavy (non-hydrogen) atoms. The summed E-state index contributed by atoms with van der Waals surface area (Å²) in [6.07, 6.45) is 2.05. The molecule has 0 fully saturated rings. The van der Waals surface area contributed by atoms with Gasteiger partial charge in [0.05, 0.1) is 29.1 Å². The van der Waals surface area contributed by atoms with Gasteiger partial charge in [0.15, 0.2) is 33.8 Å². The van der Waals surface area contributed by atoms with Gasteiger partial charge < -0.3 is 28.5 Å². The lowest BCUT2D eigenvalue weighted by Gasteiger charge is -2.36. The third-order valence-corrected chi connectivity index (χ3v) is 15.2. The molecule has 1 N–H and O–H groups in total. The Morgan fingerprint density at radius 1 is 0.704 bits per heavy atom. The van der Waals surface area contributed by atoms with E-state index in [-0.39, 0.29) is 43.8 Å². The molecule has 0 aliphatic heterocycles. The van der Waals surface area contributed by atoms with Crippen molar-refractivity contribution in [2.24, 2.45) is 0 Å². The van der Waals surface area contributed by atoms with Crippen LogP contribution in [0.1, 0.15) is 55.3 Å². The molecule has 0 amide bonds. The van der Waals surface area contributed by atoms with Crippen LogP contribution < -0.4 is 14.2 Å². The molecule has 4 aromatic rings. The minimum atomic E-state index is -3.29. The van der Waals surface area contributed by atoms with Gasteiger partial charge in [-0.3, -0.25) is 4.79 Å². The molecule has 0 bridgehead atoms. The zero-order chi connectivity index (χ0) is 40.6. The number of ether oxygens (including phenoxy) is 4. The smallest absolute Gasteiger partial charge is 0.338 e. The van der Waals surface area contributed by atoms with E-state index in [1.54, 1.807) is 30.3 Å². The topological polar surface area (TPSA) is 169 Å². The molecule has 4 rings (SSSR count). The van der Waals surface area contributed by atoms with Crippen molar-refractivity contribution in [3.05, 3.63) is 96.1 Å². The van der Waals surface area contributed by atoms with Gasteiger partial charge in [0.1, 0.15) is 40.6 Å². The first-order chi connectivity index (χ1) is 24.9. The summed E-state index contributed by atoms with van der Waals surface area (Å²) in [5.74, 6) is 1.13. The molecule has 15 heteroatoms. The Morgan fingerprint density at radius 2 is 1.15 bits per heavy atom. The summed E-state index contributed by atoms with van der Waals surface area (Å²) in [6, 6.07) is 20.9. The highest BCUT2D eigenvalue weighted by Gasteiger charge is 2.37. The third-order valence-electron chi connectivity index (χ3n) is 8.40. The first-order valence-electron chi connectivity index (χ1n) is 16.7. The normalized spacial score (nSPS) is 12.5. The third kappa shape index (κ3) is 13.0. The molecule has 0 spiro atoms. The molecule has 292 valence electrons. The Labute approximate surface area is 319 Å². The van der Waals surface area contributed by atoms with Crippen molar-refractivity contribution in [1.29, 1.82) is 0 Å². The first-order valence-corrected chi connectivity index (χ1v) is 23.4. The van der Waals surface area contributed by atoms with E-state index in [1.807, 2.05) is 6.92 Å². The summed E-state index contributed by atoms with van der Waals surface area (Å²) < 4.78 is 74.2. The lowest BCUT2D eigenvalue weighted by Crippen LogP contribution is -2.43. The van der Waals surface area contributed by atoms with Crippen LogP contribution in [0.25, 0.3) is 0 Å². The molecule has 0 aliphatic rings. The minimum Gasteiger partial charge on any atom is -0.508 e. The fourth-order valence-corrected chi connectivity index (χ4v) is 6.72. The number of sulfone groups is 2. The van der Waals surface area contributed by atoms with Crippen LogP contribution in [0.15, 0.2) is 94.7 Å². The number of methoxy groups -OCH3 is 1. The van der Waals surface area contributed by atoms with Gasteiger partial charge in [-0.25, -0.2) is 21.6 Å². The highest BCUT2D eigenvalue weighted by Crippen LogP contribution is 2.37. The molecule has 0 aromatic heterocycles. The van der Waals surface area contributed by atoms with Crippen molar-refractivity contribution in [3.8, 4) is 34.5 Å². The van der Waals surface area contributed by atoms with Gasteiger partial charge in [-0.1, -0.05) is 20.8 Å². The van der Waals surface area contributed by atoms with Crippen LogP contribution in [-0.2, 0) is 28.8 Å². The quantitative estimate of drug-likeness (QED) is 0.0782. The van der Waals surface area contributed by atoms with Crippen molar-refractivity contribution in [2.45, 2.75) is 68.6 Å². The summed E-state index contributed by atoms with van der Waals surface area (Å²) >= 11 is 0. The predicted octanol–water partition coefficient (Wildman–Crippen LogP) is 8.25. The average molecular weight is 801 g/mol. The molecular formula is C39H48O12S2Si. The number of carbonyl (C=O) groups excluding carboxylic acids is 2. The van der Waals surface area contributed by atoms with Gasteiger partial charge in [0, 0.05) is 30.2 Å². The van der Waals surface area contributed by atoms with E-state index in [1.165, 1.54) is 68.6 Å². The lowest BCUT2D eigenvalue weighted by atomic mass is 10.1. The van der Waals surface area contributed by atoms with Crippen molar-refractivity contribution in [3.63, 3.8) is 0 Å². The molecule has 0 aliphatic carbocycles. The monoisotopic (exact) mass is 800 g/mol. The van der Waals surface area contributed by atoms with Crippen molar-refractivity contribution < 1.29 is 54.9 Å². The molecule has 4 aromatic carbocycles. The Bertz CT molecular complexity index is 2160. The molecular weight excluding hydrogens is 753 g/mol. The molecule has 0 saturated heterocycles. The standard InChI is InChI=1S/C24H34O6SSi.C15H14O6S/c1-17(16-28-32(7,8)24(3,4)5)29-21-13-19(18(2)25)14-22(15-21)30-20-9-11-23(12-10-20)31(6,26)27;1-20-15(17)10-7-11(16)9-13(8-10)21-12-3-5-14(6-4-12)22(2,18)19/h9-15,17H,16H2,1-8H3;3-9,16H,1-2H3/t17-;/m0./s1. The minimum absolute atomic E-state index is 0.106. The molecule has 0 radical (unpaired) electrons.